The van der Waals surface area contributed by atoms with E-state index >= 15 is 0 Å². The van der Waals surface area contributed by atoms with E-state index in [0.29, 0.717) is 17.2 Å². The number of halogens is 2. The minimum Gasteiger partial charge on any atom is -0.457 e. The highest BCUT2D eigenvalue weighted by molar-refractivity contribution is 6.34. The summed E-state index contributed by atoms with van der Waals surface area (Å²) in [5.41, 5.74) is 0.293. The minimum atomic E-state index is -0.670. The fraction of sp³-hybridized carbons (Fsp3) is 0. The van der Waals surface area contributed by atoms with Gasteiger partial charge in [0.15, 0.2) is 0 Å². The number of para-hydroxylation sites is 1. The van der Waals surface area contributed by atoms with Crippen LogP contribution in [0, 0.1) is 5.82 Å². The first-order valence-electron chi connectivity index (χ1n) is 7.22. The molecule has 0 saturated heterocycles. The molecule has 1 amide bonds. The quantitative estimate of drug-likeness (QED) is 0.678. The number of carbonyl (C=O) groups is 1. The maximum Gasteiger partial charge on any atom is 0.260 e. The first-order chi connectivity index (χ1) is 11.6. The Morgan fingerprint density at radius 3 is 2.38 bits per heavy atom. The van der Waals surface area contributed by atoms with Gasteiger partial charge in [-0.05, 0) is 36.4 Å². The Labute approximate surface area is 143 Å². The smallest absolute Gasteiger partial charge is 0.260 e. The number of amides is 1. The molecule has 3 aromatic carbocycles. The first kappa shape index (κ1) is 16.0. The molecule has 0 aliphatic rings. The topological polar surface area (TPSA) is 38.3 Å². The van der Waals surface area contributed by atoms with Gasteiger partial charge in [-0.15, -0.1) is 0 Å². The molecule has 3 aromatic rings. The molecule has 24 heavy (non-hydrogen) atoms. The second kappa shape index (κ2) is 7.15. The van der Waals surface area contributed by atoms with Crippen LogP contribution in [0.3, 0.4) is 0 Å². The van der Waals surface area contributed by atoms with Gasteiger partial charge in [0, 0.05) is 11.8 Å². The number of rotatable bonds is 4. The molecule has 5 heteroatoms. The second-order valence-corrected chi connectivity index (χ2v) is 5.40. The zero-order valence-corrected chi connectivity index (χ0v) is 13.3. The SMILES string of the molecule is O=C(Nc1cccc(Oc2ccccc2)c1)c1c(F)cccc1Cl. The van der Waals surface area contributed by atoms with Crippen LogP contribution in [0.15, 0.2) is 72.8 Å². The van der Waals surface area contributed by atoms with Crippen LogP contribution in [0.25, 0.3) is 0 Å². The van der Waals surface area contributed by atoms with Gasteiger partial charge in [0.25, 0.3) is 5.91 Å². The van der Waals surface area contributed by atoms with Crippen molar-refractivity contribution in [3.63, 3.8) is 0 Å². The Bertz CT molecular complexity index is 848. The Hall–Kier alpha value is -2.85. The lowest BCUT2D eigenvalue weighted by Crippen LogP contribution is -2.14. The summed E-state index contributed by atoms with van der Waals surface area (Å²) in [5, 5.41) is 2.68. The van der Waals surface area contributed by atoms with Crippen LogP contribution in [-0.4, -0.2) is 5.91 Å². The third kappa shape index (κ3) is 3.73. The van der Waals surface area contributed by atoms with Crippen molar-refractivity contribution in [3.8, 4) is 11.5 Å². The Morgan fingerprint density at radius 2 is 1.62 bits per heavy atom. The lowest BCUT2D eigenvalue weighted by Gasteiger charge is -2.10. The van der Waals surface area contributed by atoms with E-state index in [0.717, 1.165) is 0 Å². The number of nitrogens with one attached hydrogen (secondary N) is 1. The van der Waals surface area contributed by atoms with Crippen LogP contribution in [0.4, 0.5) is 10.1 Å². The summed E-state index contributed by atoms with van der Waals surface area (Å²) in [4.78, 5) is 12.2. The van der Waals surface area contributed by atoms with Crippen molar-refractivity contribution in [2.75, 3.05) is 5.32 Å². The molecule has 1 N–H and O–H groups in total. The lowest BCUT2D eigenvalue weighted by molar-refractivity contribution is 0.102. The molecule has 0 atom stereocenters. The minimum absolute atomic E-state index is 0.0594. The van der Waals surface area contributed by atoms with Crippen molar-refractivity contribution >= 4 is 23.2 Å². The molecule has 3 rings (SSSR count). The standard InChI is InChI=1S/C19H13ClFNO2/c20-16-10-5-11-17(21)18(16)19(23)22-13-6-4-9-15(12-13)24-14-7-2-1-3-8-14/h1-12H,(H,22,23). The van der Waals surface area contributed by atoms with E-state index < -0.39 is 11.7 Å². The predicted octanol–water partition coefficient (Wildman–Crippen LogP) is 5.52. The average molecular weight is 342 g/mol. The molecular formula is C19H13ClFNO2. The largest absolute Gasteiger partial charge is 0.457 e. The van der Waals surface area contributed by atoms with Gasteiger partial charge in [0.1, 0.15) is 17.3 Å². The summed E-state index contributed by atoms with van der Waals surface area (Å²) in [5.74, 6) is -0.0524. The maximum atomic E-state index is 13.8. The summed E-state index contributed by atoms with van der Waals surface area (Å²) in [6, 6.07) is 20.2. The predicted molar refractivity (Wildman–Crippen MR) is 92.3 cm³/mol. The van der Waals surface area contributed by atoms with Crippen molar-refractivity contribution in [2.45, 2.75) is 0 Å². The lowest BCUT2D eigenvalue weighted by atomic mass is 10.2. The number of hydrogen-bond donors (Lipinski definition) is 1. The number of ether oxygens (including phenoxy) is 1. The van der Waals surface area contributed by atoms with E-state index in [1.807, 2.05) is 30.3 Å². The normalized spacial score (nSPS) is 10.2. The number of benzene rings is 3. The molecule has 0 saturated carbocycles. The van der Waals surface area contributed by atoms with Gasteiger partial charge < -0.3 is 10.1 Å². The Balaban J connectivity index is 1.78. The zero-order chi connectivity index (χ0) is 16.9. The third-order valence-corrected chi connectivity index (χ3v) is 3.58. The fourth-order valence-corrected chi connectivity index (χ4v) is 2.42. The van der Waals surface area contributed by atoms with Gasteiger partial charge >= 0.3 is 0 Å². The van der Waals surface area contributed by atoms with E-state index in [9.17, 15) is 9.18 Å². The molecule has 0 heterocycles. The summed E-state index contributed by atoms with van der Waals surface area (Å²) in [7, 11) is 0. The van der Waals surface area contributed by atoms with E-state index in [-0.39, 0.29) is 10.6 Å². The summed E-state index contributed by atoms with van der Waals surface area (Å²) in [6.45, 7) is 0. The van der Waals surface area contributed by atoms with Gasteiger partial charge in [-0.3, -0.25) is 4.79 Å². The van der Waals surface area contributed by atoms with Crippen LogP contribution in [0.5, 0.6) is 11.5 Å². The Kier molecular flexibility index (Phi) is 4.77. The van der Waals surface area contributed by atoms with Gasteiger partial charge in [0.2, 0.25) is 0 Å². The van der Waals surface area contributed by atoms with E-state index in [4.69, 9.17) is 16.3 Å². The van der Waals surface area contributed by atoms with E-state index in [1.165, 1.54) is 18.2 Å². The molecule has 0 unspecified atom stereocenters. The van der Waals surface area contributed by atoms with Crippen LogP contribution < -0.4 is 10.1 Å². The third-order valence-electron chi connectivity index (χ3n) is 3.26. The van der Waals surface area contributed by atoms with Crippen molar-refractivity contribution in [1.82, 2.24) is 0 Å². The zero-order valence-electron chi connectivity index (χ0n) is 12.5. The fourth-order valence-electron chi connectivity index (χ4n) is 2.17. The van der Waals surface area contributed by atoms with Crippen molar-refractivity contribution in [3.05, 3.63) is 89.2 Å². The average Bonchev–Trinajstić information content (AvgIpc) is 2.56. The molecule has 120 valence electrons. The van der Waals surface area contributed by atoms with Gasteiger partial charge in [-0.1, -0.05) is 41.9 Å². The highest BCUT2D eigenvalue weighted by atomic mass is 35.5. The Morgan fingerprint density at radius 1 is 0.917 bits per heavy atom. The van der Waals surface area contributed by atoms with Crippen LogP contribution in [0.2, 0.25) is 5.02 Å². The molecule has 0 aliphatic heterocycles. The van der Waals surface area contributed by atoms with Crippen LogP contribution in [-0.2, 0) is 0 Å². The van der Waals surface area contributed by atoms with Gasteiger partial charge in [-0.2, -0.15) is 0 Å². The van der Waals surface area contributed by atoms with Crippen molar-refractivity contribution < 1.29 is 13.9 Å². The molecule has 0 aliphatic carbocycles. The molecular weight excluding hydrogens is 329 g/mol. The number of hydrogen-bond acceptors (Lipinski definition) is 2. The highest BCUT2D eigenvalue weighted by Gasteiger charge is 2.16. The molecule has 0 bridgehead atoms. The molecule has 0 radical (unpaired) electrons. The maximum absolute atomic E-state index is 13.8. The van der Waals surface area contributed by atoms with Gasteiger partial charge in [0.05, 0.1) is 10.6 Å². The first-order valence-corrected chi connectivity index (χ1v) is 7.59. The van der Waals surface area contributed by atoms with E-state index in [2.05, 4.69) is 5.32 Å². The van der Waals surface area contributed by atoms with Crippen molar-refractivity contribution in [2.24, 2.45) is 0 Å². The summed E-state index contributed by atoms with van der Waals surface area (Å²) < 4.78 is 19.5. The highest BCUT2D eigenvalue weighted by Crippen LogP contribution is 2.25. The van der Waals surface area contributed by atoms with Crippen molar-refractivity contribution in [1.29, 1.82) is 0 Å². The number of carbonyl (C=O) groups excluding carboxylic acids is 1. The second-order valence-electron chi connectivity index (χ2n) is 4.99. The monoisotopic (exact) mass is 341 g/mol. The van der Waals surface area contributed by atoms with Crippen LogP contribution >= 0.6 is 11.6 Å². The molecule has 0 fully saturated rings. The molecule has 0 spiro atoms. The summed E-state index contributed by atoms with van der Waals surface area (Å²) in [6.07, 6.45) is 0. The van der Waals surface area contributed by atoms with E-state index in [1.54, 1.807) is 24.3 Å². The molecule has 3 nitrogen and oxygen atoms in total. The number of anilines is 1. The summed E-state index contributed by atoms with van der Waals surface area (Å²) >= 11 is 5.90. The molecule has 0 aromatic heterocycles. The van der Waals surface area contributed by atoms with Gasteiger partial charge in [-0.25, -0.2) is 4.39 Å². The van der Waals surface area contributed by atoms with Crippen LogP contribution in [0.1, 0.15) is 10.4 Å².